The van der Waals surface area contributed by atoms with E-state index in [2.05, 4.69) is 20.7 Å². The van der Waals surface area contributed by atoms with Crippen molar-refractivity contribution >= 4 is 49.2 Å². The fourth-order valence-corrected chi connectivity index (χ4v) is 3.92. The zero-order valence-corrected chi connectivity index (χ0v) is 14.4. The van der Waals surface area contributed by atoms with Crippen LogP contribution in [-0.4, -0.2) is 14.4 Å². The average Bonchev–Trinajstić information content (AvgIpc) is 2.42. The lowest BCUT2D eigenvalue weighted by molar-refractivity contribution is -0.255. The molecule has 0 fully saturated rings. The fourth-order valence-electron chi connectivity index (χ4n) is 1.79. The average molecular weight is 404 g/mol. The molecule has 22 heavy (non-hydrogen) atoms. The van der Waals surface area contributed by atoms with Gasteiger partial charge in [-0.1, -0.05) is 39.7 Å². The minimum absolute atomic E-state index is 0.145. The summed E-state index contributed by atoms with van der Waals surface area (Å²) in [5.41, 5.74) is 0.390. The number of anilines is 1. The van der Waals surface area contributed by atoms with Crippen LogP contribution in [0, 0.1) is 6.92 Å². The van der Waals surface area contributed by atoms with Crippen LogP contribution in [0.4, 0.5) is 5.69 Å². The number of carbonyl (C=O) groups is 1. The van der Waals surface area contributed by atoms with Gasteiger partial charge in [-0.3, -0.25) is 4.72 Å². The predicted molar refractivity (Wildman–Crippen MR) is 85.5 cm³/mol. The van der Waals surface area contributed by atoms with Crippen molar-refractivity contribution in [3.63, 3.8) is 0 Å². The molecule has 0 unspecified atom stereocenters. The number of nitrogens with one attached hydrogen (secondary N) is 1. The second-order valence-electron chi connectivity index (χ2n) is 4.50. The third-order valence-electron chi connectivity index (χ3n) is 2.89. The molecule has 0 bridgehead atoms. The minimum atomic E-state index is -3.98. The van der Waals surface area contributed by atoms with Crippen molar-refractivity contribution in [1.82, 2.24) is 0 Å². The maximum atomic E-state index is 12.4. The Bertz CT molecular complexity index is 852. The number of carboxylic acid groups (broad SMARTS) is 1. The summed E-state index contributed by atoms with van der Waals surface area (Å²) in [5.74, 6) is -1.45. The molecule has 0 heterocycles. The van der Waals surface area contributed by atoms with E-state index in [9.17, 15) is 18.3 Å². The first-order chi connectivity index (χ1) is 10.2. The van der Waals surface area contributed by atoms with Crippen LogP contribution < -0.4 is 9.83 Å². The van der Waals surface area contributed by atoms with Gasteiger partial charge in [-0.05, 0) is 42.3 Å². The van der Waals surface area contributed by atoms with Gasteiger partial charge in [0.05, 0.1) is 21.6 Å². The Morgan fingerprint density at radius 1 is 1.23 bits per heavy atom. The van der Waals surface area contributed by atoms with Gasteiger partial charge in [-0.2, -0.15) is 0 Å². The van der Waals surface area contributed by atoms with Crippen LogP contribution in [0.15, 0.2) is 45.8 Å². The van der Waals surface area contributed by atoms with Crippen molar-refractivity contribution in [1.29, 1.82) is 0 Å². The van der Waals surface area contributed by atoms with Gasteiger partial charge in [0.15, 0.2) is 0 Å². The largest absolute Gasteiger partial charge is 0.545 e. The van der Waals surface area contributed by atoms with Gasteiger partial charge in [-0.15, -0.1) is 0 Å². The summed E-state index contributed by atoms with van der Waals surface area (Å²) >= 11 is 9.21. The molecule has 1 N–H and O–H groups in total. The molecule has 0 aliphatic rings. The van der Waals surface area contributed by atoms with E-state index in [1.807, 2.05) is 0 Å². The summed E-state index contributed by atoms with van der Waals surface area (Å²) in [6.07, 6.45) is 0. The van der Waals surface area contributed by atoms with Crippen molar-refractivity contribution < 1.29 is 18.3 Å². The standard InChI is InChI=1S/C14H11BrClNO4S/c1-8-2-3-9(14(18)19)6-13(8)22(20,21)17-12-5-4-10(15)7-11(12)16/h2-7,17H,1H3,(H,18,19)/p-1. The Morgan fingerprint density at radius 2 is 1.91 bits per heavy atom. The molecule has 0 aliphatic heterocycles. The molecule has 0 saturated heterocycles. The summed E-state index contributed by atoms with van der Waals surface area (Å²) in [6.45, 7) is 1.57. The SMILES string of the molecule is Cc1ccc(C(=O)[O-])cc1S(=O)(=O)Nc1ccc(Br)cc1Cl. The Hall–Kier alpha value is -1.57. The smallest absolute Gasteiger partial charge is 0.262 e. The monoisotopic (exact) mass is 402 g/mol. The summed E-state index contributed by atoms with van der Waals surface area (Å²) in [5, 5.41) is 11.1. The van der Waals surface area contributed by atoms with Crippen LogP contribution >= 0.6 is 27.5 Å². The van der Waals surface area contributed by atoms with E-state index in [0.717, 1.165) is 6.07 Å². The first-order valence-corrected chi connectivity index (χ1v) is 8.66. The van der Waals surface area contributed by atoms with Crippen molar-refractivity contribution in [3.8, 4) is 0 Å². The number of rotatable bonds is 4. The first kappa shape index (κ1) is 16.8. The highest BCUT2D eigenvalue weighted by atomic mass is 79.9. The quantitative estimate of drug-likeness (QED) is 0.850. The molecule has 5 nitrogen and oxygen atoms in total. The molecular formula is C14H10BrClNO4S-. The van der Waals surface area contributed by atoms with Gasteiger partial charge in [-0.25, -0.2) is 8.42 Å². The molecule has 0 saturated carbocycles. The second-order valence-corrected chi connectivity index (χ2v) is 7.47. The molecule has 2 rings (SSSR count). The van der Waals surface area contributed by atoms with Crippen molar-refractivity contribution in [3.05, 3.63) is 57.0 Å². The fraction of sp³-hybridized carbons (Fsp3) is 0.0714. The Morgan fingerprint density at radius 3 is 2.50 bits per heavy atom. The molecule has 8 heteroatoms. The molecule has 0 aliphatic carbocycles. The Kier molecular flexibility index (Phi) is 4.79. The number of carboxylic acids is 1. The normalized spacial score (nSPS) is 11.2. The third-order valence-corrected chi connectivity index (χ3v) is 5.20. The molecular weight excluding hydrogens is 394 g/mol. The summed E-state index contributed by atoms with van der Waals surface area (Å²) in [6, 6.07) is 8.43. The maximum Gasteiger partial charge on any atom is 0.262 e. The zero-order chi connectivity index (χ0) is 16.5. The number of carbonyl (C=O) groups excluding carboxylic acids is 1. The van der Waals surface area contributed by atoms with Gasteiger partial charge in [0, 0.05) is 4.47 Å². The number of benzene rings is 2. The van der Waals surface area contributed by atoms with Gasteiger partial charge in [0.2, 0.25) is 0 Å². The number of aromatic carboxylic acids is 1. The maximum absolute atomic E-state index is 12.4. The van der Waals surface area contributed by atoms with E-state index in [1.165, 1.54) is 18.2 Å². The van der Waals surface area contributed by atoms with E-state index in [4.69, 9.17) is 11.6 Å². The lowest BCUT2D eigenvalue weighted by Gasteiger charge is -2.13. The zero-order valence-electron chi connectivity index (χ0n) is 11.3. The highest BCUT2D eigenvalue weighted by Crippen LogP contribution is 2.28. The Labute approximate surface area is 141 Å². The number of halogens is 2. The van der Waals surface area contributed by atoms with Gasteiger partial charge in [0.25, 0.3) is 10.0 Å². The number of sulfonamides is 1. The topological polar surface area (TPSA) is 86.3 Å². The van der Waals surface area contributed by atoms with E-state index in [0.29, 0.717) is 10.0 Å². The van der Waals surface area contributed by atoms with Gasteiger partial charge >= 0.3 is 0 Å². The summed E-state index contributed by atoms with van der Waals surface area (Å²) < 4.78 is 27.9. The van der Waals surface area contributed by atoms with Gasteiger partial charge in [0.1, 0.15) is 0 Å². The number of aryl methyl sites for hydroxylation is 1. The third kappa shape index (κ3) is 3.60. The molecule has 2 aromatic rings. The number of hydrogen-bond donors (Lipinski definition) is 1. The van der Waals surface area contributed by atoms with E-state index in [-0.39, 0.29) is 21.2 Å². The van der Waals surface area contributed by atoms with Crippen LogP contribution in [0.3, 0.4) is 0 Å². The first-order valence-electron chi connectivity index (χ1n) is 6.00. The minimum Gasteiger partial charge on any atom is -0.545 e. The van der Waals surface area contributed by atoms with Crippen molar-refractivity contribution in [2.75, 3.05) is 4.72 Å². The molecule has 2 aromatic carbocycles. The summed E-state index contributed by atoms with van der Waals surface area (Å²) in [7, 11) is -3.98. The van der Waals surface area contributed by atoms with E-state index in [1.54, 1.807) is 19.1 Å². The van der Waals surface area contributed by atoms with Gasteiger partial charge < -0.3 is 9.90 Å². The molecule has 0 atom stereocenters. The van der Waals surface area contributed by atoms with Crippen LogP contribution in [0.25, 0.3) is 0 Å². The van der Waals surface area contributed by atoms with E-state index < -0.39 is 16.0 Å². The molecule has 0 amide bonds. The molecule has 0 aromatic heterocycles. The lowest BCUT2D eigenvalue weighted by Crippen LogP contribution is -2.23. The lowest BCUT2D eigenvalue weighted by atomic mass is 10.1. The highest BCUT2D eigenvalue weighted by Gasteiger charge is 2.19. The molecule has 0 spiro atoms. The predicted octanol–water partition coefficient (Wildman–Crippen LogP) is 2.58. The number of hydrogen-bond acceptors (Lipinski definition) is 4. The second kappa shape index (κ2) is 6.28. The van der Waals surface area contributed by atoms with Crippen LogP contribution in [0.5, 0.6) is 0 Å². The van der Waals surface area contributed by atoms with Crippen LogP contribution in [0.1, 0.15) is 15.9 Å². The van der Waals surface area contributed by atoms with E-state index >= 15 is 0 Å². The van der Waals surface area contributed by atoms with Crippen molar-refractivity contribution in [2.45, 2.75) is 11.8 Å². The van der Waals surface area contributed by atoms with Crippen LogP contribution in [0.2, 0.25) is 5.02 Å². The van der Waals surface area contributed by atoms with Crippen LogP contribution in [-0.2, 0) is 10.0 Å². The Balaban J connectivity index is 2.46. The summed E-state index contributed by atoms with van der Waals surface area (Å²) in [4.78, 5) is 10.7. The molecule has 116 valence electrons. The highest BCUT2D eigenvalue weighted by molar-refractivity contribution is 9.10. The van der Waals surface area contributed by atoms with Crippen molar-refractivity contribution in [2.24, 2.45) is 0 Å². The molecule has 0 radical (unpaired) electrons.